The van der Waals surface area contributed by atoms with Gasteiger partial charge in [-0.2, -0.15) is 0 Å². The molecular formula is C17H17N5O3S. The number of para-hydroxylation sites is 1. The molecule has 0 aliphatic rings. The van der Waals surface area contributed by atoms with Crippen LogP contribution < -0.4 is 25.6 Å². The van der Waals surface area contributed by atoms with Crippen molar-refractivity contribution in [2.24, 2.45) is 0 Å². The van der Waals surface area contributed by atoms with E-state index in [-0.39, 0.29) is 11.0 Å². The van der Waals surface area contributed by atoms with E-state index in [1.165, 1.54) is 0 Å². The molecule has 3 rings (SSSR count). The minimum absolute atomic E-state index is 0.185. The number of benzene rings is 2. The summed E-state index contributed by atoms with van der Waals surface area (Å²) < 4.78 is 10.3. The lowest BCUT2D eigenvalue weighted by molar-refractivity contribution is 0.0944. The largest absolute Gasteiger partial charge is 0.497 e. The Bertz CT molecular complexity index is 939. The first kappa shape index (κ1) is 17.5. The van der Waals surface area contributed by atoms with Gasteiger partial charge in [-0.1, -0.05) is 6.07 Å². The average Bonchev–Trinajstić information content (AvgIpc) is 3.08. The molecule has 26 heavy (non-hydrogen) atoms. The number of hydrazine groups is 1. The van der Waals surface area contributed by atoms with Crippen molar-refractivity contribution in [1.82, 2.24) is 20.8 Å². The smallest absolute Gasteiger partial charge is 0.269 e. The number of nitrogens with one attached hydrogen (secondary N) is 4. The van der Waals surface area contributed by atoms with E-state index in [1.807, 2.05) is 18.2 Å². The Morgan fingerprint density at radius 2 is 1.85 bits per heavy atom. The molecule has 0 aliphatic heterocycles. The summed E-state index contributed by atoms with van der Waals surface area (Å²) in [6.45, 7) is 0. The van der Waals surface area contributed by atoms with Crippen LogP contribution in [0.5, 0.6) is 11.5 Å². The van der Waals surface area contributed by atoms with Crippen LogP contribution in [-0.2, 0) is 0 Å². The number of carbonyl (C=O) groups excluding carboxylic acids is 1. The van der Waals surface area contributed by atoms with Crippen molar-refractivity contribution in [1.29, 1.82) is 0 Å². The van der Waals surface area contributed by atoms with E-state index < -0.39 is 0 Å². The number of fused-ring (bicyclic) bond motifs is 1. The first-order valence-electron chi connectivity index (χ1n) is 7.65. The van der Waals surface area contributed by atoms with Crippen molar-refractivity contribution < 1.29 is 14.3 Å². The molecule has 0 aliphatic carbocycles. The zero-order chi connectivity index (χ0) is 18.5. The summed E-state index contributed by atoms with van der Waals surface area (Å²) in [5.74, 6) is 1.45. The van der Waals surface area contributed by atoms with Gasteiger partial charge in [0.2, 0.25) is 5.95 Å². The summed E-state index contributed by atoms with van der Waals surface area (Å²) >= 11 is 5.16. The van der Waals surface area contributed by atoms with Crippen molar-refractivity contribution >= 4 is 40.2 Å². The molecule has 3 aromatic rings. The Kier molecular flexibility index (Phi) is 5.18. The number of methoxy groups -OCH3 is 2. The van der Waals surface area contributed by atoms with Crippen LogP contribution in [0.3, 0.4) is 0 Å². The number of carbonyl (C=O) groups is 1. The molecule has 8 nitrogen and oxygen atoms in total. The molecule has 0 fully saturated rings. The highest BCUT2D eigenvalue weighted by atomic mass is 32.1. The lowest BCUT2D eigenvalue weighted by atomic mass is 10.2. The monoisotopic (exact) mass is 371 g/mol. The van der Waals surface area contributed by atoms with Gasteiger partial charge >= 0.3 is 0 Å². The van der Waals surface area contributed by atoms with Gasteiger partial charge < -0.3 is 19.8 Å². The highest BCUT2D eigenvalue weighted by Crippen LogP contribution is 2.24. The van der Waals surface area contributed by atoms with Crippen LogP contribution in [0.1, 0.15) is 10.4 Å². The highest BCUT2D eigenvalue weighted by Gasteiger charge is 2.09. The molecule has 1 heterocycles. The van der Waals surface area contributed by atoms with Crippen LogP contribution in [-0.4, -0.2) is 35.2 Å². The van der Waals surface area contributed by atoms with E-state index in [1.54, 1.807) is 38.5 Å². The molecule has 1 aromatic heterocycles. The maximum absolute atomic E-state index is 12.1. The molecule has 1 amide bonds. The molecule has 0 unspecified atom stereocenters. The second kappa shape index (κ2) is 7.70. The number of aromatic nitrogens is 2. The molecule has 0 saturated carbocycles. The molecule has 2 aromatic carbocycles. The number of rotatable bonds is 4. The average molecular weight is 371 g/mol. The fourth-order valence-electron chi connectivity index (χ4n) is 2.30. The van der Waals surface area contributed by atoms with Crippen molar-refractivity contribution in [3.63, 3.8) is 0 Å². The van der Waals surface area contributed by atoms with Crippen LogP contribution in [0.25, 0.3) is 11.0 Å². The van der Waals surface area contributed by atoms with Gasteiger partial charge in [0.25, 0.3) is 5.91 Å². The molecule has 134 valence electrons. The third-order valence-corrected chi connectivity index (χ3v) is 3.78. The Balaban J connectivity index is 1.59. The number of amides is 1. The van der Waals surface area contributed by atoms with Gasteiger partial charge in [0.05, 0.1) is 19.7 Å². The zero-order valence-electron chi connectivity index (χ0n) is 14.1. The third kappa shape index (κ3) is 3.83. The van der Waals surface area contributed by atoms with Gasteiger partial charge in [0, 0.05) is 5.56 Å². The van der Waals surface area contributed by atoms with E-state index in [0.717, 1.165) is 11.0 Å². The van der Waals surface area contributed by atoms with E-state index in [4.69, 9.17) is 21.7 Å². The SMILES string of the molecule is COc1ccc(C(=O)NNC(=S)Nc2nc3cccc(OC)c3[nH]2)cc1. The number of H-pyrrole nitrogens is 1. The molecule has 9 heteroatoms. The van der Waals surface area contributed by atoms with Gasteiger partial charge in [-0.3, -0.25) is 15.6 Å². The van der Waals surface area contributed by atoms with Gasteiger partial charge in [-0.05, 0) is 48.6 Å². The third-order valence-electron chi connectivity index (χ3n) is 3.57. The van der Waals surface area contributed by atoms with Gasteiger partial charge in [0.15, 0.2) is 5.11 Å². The van der Waals surface area contributed by atoms with Crippen LogP contribution >= 0.6 is 12.2 Å². The molecule has 0 atom stereocenters. The Morgan fingerprint density at radius 1 is 1.08 bits per heavy atom. The number of nitrogens with zero attached hydrogens (tertiary/aromatic N) is 1. The van der Waals surface area contributed by atoms with E-state index in [0.29, 0.717) is 23.0 Å². The van der Waals surface area contributed by atoms with E-state index >= 15 is 0 Å². The van der Waals surface area contributed by atoms with E-state index in [9.17, 15) is 4.79 Å². The van der Waals surface area contributed by atoms with Crippen molar-refractivity contribution in [3.05, 3.63) is 48.0 Å². The molecule has 0 spiro atoms. The second-order valence-corrected chi connectivity index (χ2v) is 5.61. The molecule has 0 radical (unpaired) electrons. The minimum Gasteiger partial charge on any atom is -0.497 e. The minimum atomic E-state index is -0.330. The summed E-state index contributed by atoms with van der Waals surface area (Å²) in [5.41, 5.74) is 7.10. The Labute approximate surface area is 154 Å². The fourth-order valence-corrected chi connectivity index (χ4v) is 2.45. The topological polar surface area (TPSA) is 100 Å². The molecule has 0 bridgehead atoms. The van der Waals surface area contributed by atoms with Crippen LogP contribution in [0.15, 0.2) is 42.5 Å². The normalized spacial score (nSPS) is 10.2. The Hall–Kier alpha value is -3.33. The number of hydrogen-bond donors (Lipinski definition) is 4. The molecular weight excluding hydrogens is 354 g/mol. The predicted octanol–water partition coefficient (Wildman–Crippen LogP) is 2.21. The number of anilines is 1. The summed E-state index contributed by atoms with van der Waals surface area (Å²) in [7, 11) is 3.15. The van der Waals surface area contributed by atoms with Crippen molar-refractivity contribution in [2.75, 3.05) is 19.5 Å². The van der Waals surface area contributed by atoms with Gasteiger partial charge in [-0.15, -0.1) is 0 Å². The predicted molar refractivity (Wildman–Crippen MR) is 102 cm³/mol. The second-order valence-electron chi connectivity index (χ2n) is 5.20. The summed E-state index contributed by atoms with van der Waals surface area (Å²) in [6, 6.07) is 12.2. The van der Waals surface area contributed by atoms with Crippen molar-refractivity contribution in [2.45, 2.75) is 0 Å². The first-order chi connectivity index (χ1) is 12.6. The maximum atomic E-state index is 12.1. The lowest BCUT2D eigenvalue weighted by Gasteiger charge is -2.10. The Morgan fingerprint density at radius 3 is 2.54 bits per heavy atom. The van der Waals surface area contributed by atoms with Gasteiger partial charge in [0.1, 0.15) is 17.0 Å². The standard InChI is InChI=1S/C17H17N5O3S/c1-24-11-8-6-10(7-9-11)15(23)21-22-17(26)20-16-18-12-4-3-5-13(25-2)14(12)19-16/h3-9H,1-2H3,(H,21,23)(H3,18,19,20,22,26). The number of hydrogen-bond acceptors (Lipinski definition) is 5. The van der Waals surface area contributed by atoms with Crippen LogP contribution in [0.4, 0.5) is 5.95 Å². The molecule has 4 N–H and O–H groups in total. The summed E-state index contributed by atoms with van der Waals surface area (Å²) in [5, 5.41) is 3.06. The number of aromatic amines is 1. The maximum Gasteiger partial charge on any atom is 0.269 e. The number of thiocarbonyl (C=S) groups is 1. The van der Waals surface area contributed by atoms with Crippen LogP contribution in [0, 0.1) is 0 Å². The first-order valence-corrected chi connectivity index (χ1v) is 8.05. The summed E-state index contributed by atoms with van der Waals surface area (Å²) in [4.78, 5) is 19.5. The number of imidazole rings is 1. The highest BCUT2D eigenvalue weighted by molar-refractivity contribution is 7.80. The zero-order valence-corrected chi connectivity index (χ0v) is 14.9. The summed E-state index contributed by atoms with van der Waals surface area (Å²) in [6.07, 6.45) is 0. The van der Waals surface area contributed by atoms with E-state index in [2.05, 4.69) is 26.1 Å². The molecule has 0 saturated heterocycles. The quantitative estimate of drug-likeness (QED) is 0.412. The van der Waals surface area contributed by atoms with Crippen molar-refractivity contribution in [3.8, 4) is 11.5 Å². The lowest BCUT2D eigenvalue weighted by Crippen LogP contribution is -2.43. The van der Waals surface area contributed by atoms with Crippen LogP contribution in [0.2, 0.25) is 0 Å². The number of ether oxygens (including phenoxy) is 2. The van der Waals surface area contributed by atoms with Gasteiger partial charge in [-0.25, -0.2) is 4.98 Å². The fraction of sp³-hybridized carbons (Fsp3) is 0.118.